The number of rotatable bonds is 7. The smallest absolute Gasteiger partial charge is 0.0107 e. The first-order valence-corrected chi connectivity index (χ1v) is 7.34. The van der Waals surface area contributed by atoms with E-state index in [-0.39, 0.29) is 0 Å². The van der Waals surface area contributed by atoms with Gasteiger partial charge in [0.05, 0.1) is 0 Å². The molecule has 2 saturated carbocycles. The van der Waals surface area contributed by atoms with Crippen molar-refractivity contribution in [2.45, 2.75) is 57.9 Å². The van der Waals surface area contributed by atoms with Crippen molar-refractivity contribution in [3.05, 3.63) is 0 Å². The summed E-state index contributed by atoms with van der Waals surface area (Å²) in [5.74, 6) is 1.04. The van der Waals surface area contributed by atoms with Gasteiger partial charge in [0.2, 0.25) is 0 Å². The third-order valence-corrected chi connectivity index (χ3v) is 4.13. The van der Waals surface area contributed by atoms with Crippen LogP contribution in [0.15, 0.2) is 0 Å². The van der Waals surface area contributed by atoms with E-state index in [9.17, 15) is 0 Å². The van der Waals surface area contributed by atoms with Crippen LogP contribution in [0.25, 0.3) is 0 Å². The minimum Gasteiger partial charge on any atom is -0.313 e. The van der Waals surface area contributed by atoms with Crippen LogP contribution in [0.5, 0.6) is 0 Å². The molecule has 2 nitrogen and oxygen atoms in total. The van der Waals surface area contributed by atoms with Gasteiger partial charge >= 0.3 is 0 Å². The summed E-state index contributed by atoms with van der Waals surface area (Å²) in [5.41, 5.74) is 0. The second-order valence-corrected chi connectivity index (χ2v) is 5.63. The Hall–Kier alpha value is -0.0800. The fraction of sp³-hybridized carbons (Fsp3) is 1.00. The lowest BCUT2D eigenvalue weighted by Crippen LogP contribution is -2.38. The van der Waals surface area contributed by atoms with Crippen molar-refractivity contribution in [1.82, 2.24) is 10.2 Å². The van der Waals surface area contributed by atoms with Gasteiger partial charge in [-0.15, -0.1) is 0 Å². The number of nitrogens with one attached hydrogen (secondary N) is 1. The van der Waals surface area contributed by atoms with Crippen LogP contribution in [-0.2, 0) is 0 Å². The van der Waals surface area contributed by atoms with Gasteiger partial charge in [-0.05, 0) is 38.1 Å². The fourth-order valence-corrected chi connectivity index (χ4v) is 2.78. The highest BCUT2D eigenvalue weighted by Gasteiger charge is 2.23. The largest absolute Gasteiger partial charge is 0.313 e. The predicted molar refractivity (Wildman–Crippen MR) is 69.7 cm³/mol. The van der Waals surface area contributed by atoms with Crippen LogP contribution < -0.4 is 5.32 Å². The zero-order valence-electron chi connectivity index (χ0n) is 10.9. The van der Waals surface area contributed by atoms with Crippen LogP contribution in [0.1, 0.15) is 51.9 Å². The van der Waals surface area contributed by atoms with Crippen LogP contribution in [0.2, 0.25) is 0 Å². The highest BCUT2D eigenvalue weighted by Crippen LogP contribution is 2.29. The van der Waals surface area contributed by atoms with Crippen molar-refractivity contribution in [3.8, 4) is 0 Å². The Kier molecular flexibility index (Phi) is 5.11. The zero-order valence-corrected chi connectivity index (χ0v) is 10.9. The van der Waals surface area contributed by atoms with Crippen LogP contribution in [0.3, 0.4) is 0 Å². The molecule has 2 aliphatic rings. The van der Waals surface area contributed by atoms with Gasteiger partial charge in [0.1, 0.15) is 0 Å². The summed E-state index contributed by atoms with van der Waals surface area (Å²) in [6.07, 6.45) is 10.1. The SMILES string of the molecule is CCN(CCNC1CCCCC1)CC1CC1. The van der Waals surface area contributed by atoms with Gasteiger partial charge in [0, 0.05) is 25.7 Å². The van der Waals surface area contributed by atoms with E-state index in [0.29, 0.717) is 0 Å². The molecule has 94 valence electrons. The van der Waals surface area contributed by atoms with Gasteiger partial charge in [0.25, 0.3) is 0 Å². The van der Waals surface area contributed by atoms with E-state index in [0.717, 1.165) is 12.0 Å². The molecule has 0 unspecified atom stereocenters. The van der Waals surface area contributed by atoms with E-state index in [1.807, 2.05) is 0 Å². The standard InChI is InChI=1S/C14H28N2/c1-2-16(12-13-8-9-13)11-10-15-14-6-4-3-5-7-14/h13-15H,2-12H2,1H3. The van der Waals surface area contributed by atoms with Gasteiger partial charge in [-0.3, -0.25) is 0 Å². The Balaban J connectivity index is 1.54. The molecule has 2 heteroatoms. The zero-order chi connectivity index (χ0) is 11.2. The number of nitrogens with zero attached hydrogens (tertiary/aromatic N) is 1. The summed E-state index contributed by atoms with van der Waals surface area (Å²) >= 11 is 0. The first kappa shape index (κ1) is 12.4. The Morgan fingerprint density at radius 1 is 1.06 bits per heavy atom. The van der Waals surface area contributed by atoms with Crippen LogP contribution in [0.4, 0.5) is 0 Å². The van der Waals surface area contributed by atoms with Crippen LogP contribution in [-0.4, -0.2) is 37.1 Å². The molecule has 2 fully saturated rings. The van der Waals surface area contributed by atoms with Crippen molar-refractivity contribution in [3.63, 3.8) is 0 Å². The number of hydrogen-bond acceptors (Lipinski definition) is 2. The lowest BCUT2D eigenvalue weighted by molar-refractivity contribution is 0.264. The first-order chi connectivity index (χ1) is 7.88. The van der Waals surface area contributed by atoms with E-state index in [4.69, 9.17) is 0 Å². The van der Waals surface area contributed by atoms with Gasteiger partial charge < -0.3 is 10.2 Å². The second-order valence-electron chi connectivity index (χ2n) is 5.63. The average molecular weight is 224 g/mol. The third-order valence-electron chi connectivity index (χ3n) is 4.13. The Morgan fingerprint density at radius 2 is 1.81 bits per heavy atom. The summed E-state index contributed by atoms with van der Waals surface area (Å²) in [6, 6.07) is 0.827. The molecule has 0 aromatic heterocycles. The minimum atomic E-state index is 0.827. The highest BCUT2D eigenvalue weighted by atomic mass is 15.1. The Labute approximate surface area is 101 Å². The summed E-state index contributed by atoms with van der Waals surface area (Å²) < 4.78 is 0. The lowest BCUT2D eigenvalue weighted by Gasteiger charge is -2.25. The van der Waals surface area contributed by atoms with Gasteiger partial charge in [0.15, 0.2) is 0 Å². The lowest BCUT2D eigenvalue weighted by atomic mass is 9.95. The molecule has 0 aliphatic heterocycles. The quantitative estimate of drug-likeness (QED) is 0.715. The summed E-state index contributed by atoms with van der Waals surface area (Å²) in [7, 11) is 0. The molecular weight excluding hydrogens is 196 g/mol. The van der Waals surface area contributed by atoms with E-state index >= 15 is 0 Å². The molecule has 0 heterocycles. The Bertz CT molecular complexity index is 183. The molecule has 2 rings (SSSR count). The van der Waals surface area contributed by atoms with Crippen molar-refractivity contribution in [2.24, 2.45) is 5.92 Å². The topological polar surface area (TPSA) is 15.3 Å². The minimum absolute atomic E-state index is 0.827. The molecule has 0 aromatic rings. The van der Waals surface area contributed by atoms with Crippen LogP contribution >= 0.6 is 0 Å². The fourth-order valence-electron chi connectivity index (χ4n) is 2.78. The number of likely N-dealkylation sites (N-methyl/N-ethyl adjacent to an activating group) is 1. The second kappa shape index (κ2) is 6.61. The van der Waals surface area contributed by atoms with Crippen molar-refractivity contribution in [1.29, 1.82) is 0 Å². The van der Waals surface area contributed by atoms with Gasteiger partial charge in [-0.2, -0.15) is 0 Å². The monoisotopic (exact) mass is 224 g/mol. The molecule has 0 radical (unpaired) electrons. The average Bonchev–Trinajstić information content (AvgIpc) is 3.13. The molecule has 0 aromatic carbocycles. The van der Waals surface area contributed by atoms with E-state index in [1.54, 1.807) is 0 Å². The molecule has 2 aliphatic carbocycles. The normalized spacial score (nSPS) is 22.9. The highest BCUT2D eigenvalue weighted by molar-refractivity contribution is 4.78. The van der Waals surface area contributed by atoms with E-state index < -0.39 is 0 Å². The predicted octanol–water partition coefficient (Wildman–Crippen LogP) is 2.64. The number of hydrogen-bond donors (Lipinski definition) is 1. The Morgan fingerprint density at radius 3 is 2.44 bits per heavy atom. The molecule has 0 saturated heterocycles. The van der Waals surface area contributed by atoms with Crippen LogP contribution in [0, 0.1) is 5.92 Å². The molecule has 1 N–H and O–H groups in total. The van der Waals surface area contributed by atoms with E-state index in [2.05, 4.69) is 17.1 Å². The summed E-state index contributed by atoms with van der Waals surface area (Å²) in [6.45, 7) is 7.32. The maximum Gasteiger partial charge on any atom is 0.0107 e. The molecule has 0 atom stereocenters. The first-order valence-electron chi connectivity index (χ1n) is 7.34. The molecular formula is C14H28N2. The molecule has 0 spiro atoms. The van der Waals surface area contributed by atoms with Gasteiger partial charge in [-0.25, -0.2) is 0 Å². The maximum absolute atomic E-state index is 3.74. The van der Waals surface area contributed by atoms with Crippen molar-refractivity contribution >= 4 is 0 Å². The van der Waals surface area contributed by atoms with Crippen molar-refractivity contribution in [2.75, 3.05) is 26.2 Å². The summed E-state index contributed by atoms with van der Waals surface area (Å²) in [4.78, 5) is 2.62. The molecule has 16 heavy (non-hydrogen) atoms. The van der Waals surface area contributed by atoms with Crippen molar-refractivity contribution < 1.29 is 0 Å². The molecule has 0 bridgehead atoms. The van der Waals surface area contributed by atoms with E-state index in [1.165, 1.54) is 71.1 Å². The summed E-state index contributed by atoms with van der Waals surface area (Å²) in [5, 5.41) is 3.74. The molecule has 0 amide bonds. The maximum atomic E-state index is 3.74. The van der Waals surface area contributed by atoms with Gasteiger partial charge in [-0.1, -0.05) is 26.2 Å². The third kappa shape index (κ3) is 4.42.